The predicted octanol–water partition coefficient (Wildman–Crippen LogP) is 7.76. The Morgan fingerprint density at radius 2 is 0.852 bits per heavy atom. The molecule has 1 atom stereocenters. The summed E-state index contributed by atoms with van der Waals surface area (Å²) in [5.41, 5.74) is 0. The van der Waals surface area contributed by atoms with Crippen molar-refractivity contribution in [3.8, 4) is 0 Å². The lowest BCUT2D eigenvalue weighted by Gasteiger charge is -2.29. The third kappa shape index (κ3) is 14.7. The molecule has 0 aromatic heterocycles. The van der Waals surface area contributed by atoms with Crippen molar-refractivity contribution in [1.29, 1.82) is 0 Å². The third-order valence-corrected chi connectivity index (χ3v) is 8.85. The van der Waals surface area contributed by atoms with E-state index < -0.39 is 8.80 Å². The molecule has 0 aromatic carbocycles. The third-order valence-electron chi connectivity index (χ3n) is 5.90. The molecule has 0 N–H and O–H groups in total. The van der Waals surface area contributed by atoms with Gasteiger partial charge in [-0.3, -0.25) is 0 Å². The first-order valence-corrected chi connectivity index (χ1v) is 13.8. The lowest BCUT2D eigenvalue weighted by atomic mass is 9.95. The highest BCUT2D eigenvalue weighted by Gasteiger charge is 2.40. The first-order valence-electron chi connectivity index (χ1n) is 11.8. The minimum atomic E-state index is -2.45. The zero-order valence-electron chi connectivity index (χ0n) is 19.3. The predicted molar refractivity (Wildman–Crippen MR) is 120 cm³/mol. The quantitative estimate of drug-likeness (QED) is 0.145. The van der Waals surface area contributed by atoms with Crippen LogP contribution in [0.4, 0.5) is 0 Å². The van der Waals surface area contributed by atoms with Crippen LogP contribution in [-0.4, -0.2) is 30.1 Å². The Labute approximate surface area is 172 Å². The summed E-state index contributed by atoms with van der Waals surface area (Å²) in [5.74, 6) is 0.683. The van der Waals surface area contributed by atoms with Gasteiger partial charge in [-0.25, -0.2) is 0 Å². The molecule has 0 heterocycles. The molecule has 0 spiro atoms. The molecule has 0 aromatic rings. The van der Waals surface area contributed by atoms with E-state index in [-0.39, 0.29) is 0 Å². The molecule has 4 heteroatoms. The fourth-order valence-corrected chi connectivity index (χ4v) is 6.10. The molecular formula is C23H50O3Si. The van der Waals surface area contributed by atoms with Crippen LogP contribution in [0, 0.1) is 5.92 Å². The van der Waals surface area contributed by atoms with E-state index in [0.717, 1.165) is 6.04 Å². The molecular weight excluding hydrogens is 352 g/mol. The van der Waals surface area contributed by atoms with Gasteiger partial charge in [0.05, 0.1) is 0 Å². The van der Waals surface area contributed by atoms with E-state index >= 15 is 0 Å². The number of hydrogen-bond acceptors (Lipinski definition) is 3. The van der Waals surface area contributed by atoms with Gasteiger partial charge in [-0.15, -0.1) is 0 Å². The summed E-state index contributed by atoms with van der Waals surface area (Å²) in [5, 5.41) is 0. The topological polar surface area (TPSA) is 27.7 Å². The molecule has 0 bridgehead atoms. The molecule has 0 aliphatic heterocycles. The Balaban J connectivity index is 4.19. The van der Waals surface area contributed by atoms with Crippen LogP contribution >= 0.6 is 0 Å². The molecule has 0 rings (SSSR count). The van der Waals surface area contributed by atoms with Crippen LogP contribution in [0.3, 0.4) is 0 Å². The van der Waals surface area contributed by atoms with Gasteiger partial charge in [0.2, 0.25) is 0 Å². The van der Waals surface area contributed by atoms with Crippen molar-refractivity contribution in [1.82, 2.24) is 0 Å². The van der Waals surface area contributed by atoms with Crippen molar-refractivity contribution in [2.45, 2.75) is 123 Å². The number of hydrogen-bond donors (Lipinski definition) is 0. The lowest BCUT2D eigenvalue weighted by Crippen LogP contribution is -2.44. The van der Waals surface area contributed by atoms with E-state index in [1.54, 1.807) is 21.3 Å². The monoisotopic (exact) mass is 402 g/mol. The fraction of sp³-hybridized carbons (Fsp3) is 1.00. The fourth-order valence-electron chi connectivity index (χ4n) is 3.98. The maximum absolute atomic E-state index is 5.70. The van der Waals surface area contributed by atoms with Gasteiger partial charge in [0, 0.05) is 27.4 Å². The summed E-state index contributed by atoms with van der Waals surface area (Å²) in [7, 11) is 2.79. The number of unbranched alkanes of at least 4 members (excludes halogenated alkanes) is 12. The van der Waals surface area contributed by atoms with Gasteiger partial charge >= 0.3 is 8.80 Å². The molecule has 27 heavy (non-hydrogen) atoms. The van der Waals surface area contributed by atoms with E-state index in [9.17, 15) is 0 Å². The van der Waals surface area contributed by atoms with Gasteiger partial charge in [-0.1, -0.05) is 117 Å². The first-order chi connectivity index (χ1) is 13.2. The second kappa shape index (κ2) is 19.4. The zero-order chi connectivity index (χ0) is 20.2. The van der Waals surface area contributed by atoms with Gasteiger partial charge in [0.25, 0.3) is 0 Å². The SMILES string of the molecule is CCCCCCCCCCC(CCCCCCCC)C[Si](OC)(OC)OC. The summed E-state index contributed by atoms with van der Waals surface area (Å²) < 4.78 is 17.1. The minimum Gasteiger partial charge on any atom is -0.377 e. The van der Waals surface area contributed by atoms with E-state index in [0.29, 0.717) is 5.92 Å². The smallest absolute Gasteiger partial charge is 0.377 e. The number of rotatable bonds is 21. The molecule has 0 saturated heterocycles. The highest BCUT2D eigenvalue weighted by atomic mass is 28.4. The van der Waals surface area contributed by atoms with Crippen LogP contribution in [0.5, 0.6) is 0 Å². The Morgan fingerprint density at radius 3 is 1.19 bits per heavy atom. The van der Waals surface area contributed by atoms with E-state index in [2.05, 4.69) is 13.8 Å². The van der Waals surface area contributed by atoms with Crippen molar-refractivity contribution in [3.05, 3.63) is 0 Å². The van der Waals surface area contributed by atoms with Crippen molar-refractivity contribution in [3.63, 3.8) is 0 Å². The summed E-state index contributed by atoms with van der Waals surface area (Å²) >= 11 is 0. The Kier molecular flexibility index (Phi) is 19.5. The first kappa shape index (κ1) is 27.1. The van der Waals surface area contributed by atoms with Gasteiger partial charge in [-0.2, -0.15) is 0 Å². The zero-order valence-corrected chi connectivity index (χ0v) is 20.3. The van der Waals surface area contributed by atoms with Crippen molar-refractivity contribution in [2.24, 2.45) is 5.92 Å². The van der Waals surface area contributed by atoms with Crippen molar-refractivity contribution in [2.75, 3.05) is 21.3 Å². The second-order valence-electron chi connectivity index (χ2n) is 8.19. The van der Waals surface area contributed by atoms with E-state index in [1.165, 1.54) is 103 Å². The van der Waals surface area contributed by atoms with Gasteiger partial charge in [-0.05, 0) is 5.92 Å². The average molecular weight is 403 g/mol. The standard InChI is InChI=1S/C23H50O3Si/c1-6-8-10-12-14-15-17-19-21-23(20-18-16-13-11-9-7-2)22-27(24-3,25-4)26-5/h23H,6-22H2,1-5H3. The Bertz CT molecular complexity index is 287. The molecule has 0 radical (unpaired) electrons. The van der Waals surface area contributed by atoms with Crippen LogP contribution in [-0.2, 0) is 13.3 Å². The lowest BCUT2D eigenvalue weighted by molar-refractivity contribution is 0.116. The molecule has 1 unspecified atom stereocenters. The van der Waals surface area contributed by atoms with Crippen LogP contribution in [0.15, 0.2) is 0 Å². The summed E-state index contributed by atoms with van der Waals surface area (Å²) in [6.07, 6.45) is 21.9. The average Bonchev–Trinajstić information content (AvgIpc) is 2.70. The largest absolute Gasteiger partial charge is 0.500 e. The maximum atomic E-state index is 5.70. The molecule has 0 amide bonds. The van der Waals surface area contributed by atoms with Crippen LogP contribution in [0.25, 0.3) is 0 Å². The van der Waals surface area contributed by atoms with E-state index in [4.69, 9.17) is 13.3 Å². The highest BCUT2D eigenvalue weighted by molar-refractivity contribution is 6.60. The van der Waals surface area contributed by atoms with Crippen LogP contribution < -0.4 is 0 Å². The molecule has 164 valence electrons. The normalized spacial score (nSPS) is 13.2. The molecule has 0 aliphatic carbocycles. The van der Waals surface area contributed by atoms with Crippen LogP contribution in [0.1, 0.15) is 117 Å². The molecule has 0 aliphatic rings. The minimum absolute atomic E-state index is 0.683. The van der Waals surface area contributed by atoms with Crippen molar-refractivity contribution >= 4 is 8.80 Å². The molecule has 3 nitrogen and oxygen atoms in total. The maximum Gasteiger partial charge on any atom is 0.500 e. The summed E-state index contributed by atoms with van der Waals surface area (Å²) in [6, 6.07) is 0.974. The van der Waals surface area contributed by atoms with Crippen molar-refractivity contribution < 1.29 is 13.3 Å². The Hall–Kier alpha value is 0.0969. The summed E-state index contributed by atoms with van der Waals surface area (Å²) in [4.78, 5) is 0. The molecule has 0 fully saturated rings. The van der Waals surface area contributed by atoms with Gasteiger partial charge in [0.15, 0.2) is 0 Å². The highest BCUT2D eigenvalue weighted by Crippen LogP contribution is 2.28. The van der Waals surface area contributed by atoms with Gasteiger partial charge < -0.3 is 13.3 Å². The summed E-state index contributed by atoms with van der Waals surface area (Å²) in [6.45, 7) is 4.57. The molecule has 0 saturated carbocycles. The van der Waals surface area contributed by atoms with Crippen LogP contribution in [0.2, 0.25) is 6.04 Å². The second-order valence-corrected chi connectivity index (χ2v) is 11.2. The van der Waals surface area contributed by atoms with E-state index in [1.807, 2.05) is 0 Å². The van der Waals surface area contributed by atoms with Gasteiger partial charge in [0.1, 0.15) is 0 Å². The Morgan fingerprint density at radius 1 is 0.519 bits per heavy atom.